The van der Waals surface area contributed by atoms with Gasteiger partial charge in [0, 0.05) is 6.42 Å². The van der Waals surface area contributed by atoms with Crippen LogP contribution in [0.4, 0.5) is 0 Å². The van der Waals surface area contributed by atoms with Gasteiger partial charge in [-0.25, -0.2) is 0 Å². The summed E-state index contributed by atoms with van der Waals surface area (Å²) in [6.07, 6.45) is 16.8. The van der Waals surface area contributed by atoms with Gasteiger partial charge in [0.15, 0.2) is 5.78 Å². The largest absolute Gasteiger partial charge is 0.295 e. The van der Waals surface area contributed by atoms with Crippen molar-refractivity contribution >= 4 is 5.78 Å². The fourth-order valence-corrected chi connectivity index (χ4v) is 7.21. The Bertz CT molecular complexity index is 504. The number of carbonyl (C=O) groups is 1. The van der Waals surface area contributed by atoms with E-state index < -0.39 is 0 Å². The molecular weight excluding hydrogens is 280 g/mol. The molecule has 128 valence electrons. The molecule has 3 unspecified atom stereocenters. The van der Waals surface area contributed by atoms with Gasteiger partial charge in [0.25, 0.3) is 0 Å². The molecule has 1 heteroatoms. The molecule has 4 rings (SSSR count). The molecule has 4 aliphatic carbocycles. The van der Waals surface area contributed by atoms with Crippen molar-refractivity contribution in [1.82, 2.24) is 0 Å². The molecule has 0 aromatic heterocycles. The van der Waals surface area contributed by atoms with E-state index in [0.717, 1.165) is 42.4 Å². The zero-order valence-electron chi connectivity index (χ0n) is 15.2. The lowest BCUT2D eigenvalue weighted by molar-refractivity contribution is -0.116. The van der Waals surface area contributed by atoms with E-state index in [2.05, 4.69) is 13.8 Å². The third kappa shape index (κ3) is 2.53. The quantitative estimate of drug-likeness (QED) is 0.630. The van der Waals surface area contributed by atoms with Crippen molar-refractivity contribution < 1.29 is 4.79 Å². The fraction of sp³-hybridized carbons (Fsp3) is 0.864. The predicted molar refractivity (Wildman–Crippen MR) is 95.1 cm³/mol. The summed E-state index contributed by atoms with van der Waals surface area (Å²) in [6, 6.07) is 0. The maximum absolute atomic E-state index is 11.8. The standard InChI is InChI=1S/C22H34O/c1-3-4-5-16-7-11-21-20-9-6-15-14-17(23)8-10-18(15)19(20)12-13-22(16,21)2/h14,16,18-21H,3-13H2,1-2H3/t16-,18-,19?,20?,21?,22+/m0/s1. The van der Waals surface area contributed by atoms with E-state index in [-0.39, 0.29) is 0 Å². The average Bonchev–Trinajstić information content (AvgIpc) is 2.89. The Balaban J connectivity index is 1.54. The van der Waals surface area contributed by atoms with E-state index in [9.17, 15) is 4.79 Å². The summed E-state index contributed by atoms with van der Waals surface area (Å²) in [7, 11) is 0. The van der Waals surface area contributed by atoms with Crippen molar-refractivity contribution in [2.45, 2.75) is 84.5 Å². The maximum Gasteiger partial charge on any atom is 0.155 e. The van der Waals surface area contributed by atoms with Crippen LogP contribution < -0.4 is 0 Å². The van der Waals surface area contributed by atoms with Gasteiger partial charge >= 0.3 is 0 Å². The van der Waals surface area contributed by atoms with Crippen LogP contribution in [0.5, 0.6) is 0 Å². The molecule has 3 fully saturated rings. The average molecular weight is 315 g/mol. The summed E-state index contributed by atoms with van der Waals surface area (Å²) in [5.74, 6) is 5.03. The summed E-state index contributed by atoms with van der Waals surface area (Å²) < 4.78 is 0. The summed E-state index contributed by atoms with van der Waals surface area (Å²) in [5.41, 5.74) is 2.17. The fourth-order valence-electron chi connectivity index (χ4n) is 7.21. The van der Waals surface area contributed by atoms with Crippen LogP contribution >= 0.6 is 0 Å². The lowest BCUT2D eigenvalue weighted by Crippen LogP contribution is -2.46. The number of hydrogen-bond donors (Lipinski definition) is 0. The minimum absolute atomic E-state index is 0.399. The molecule has 0 aromatic rings. The van der Waals surface area contributed by atoms with Crippen molar-refractivity contribution in [3.05, 3.63) is 11.6 Å². The Kier molecular flexibility index (Phi) is 4.18. The third-order valence-electron chi connectivity index (χ3n) is 8.40. The van der Waals surface area contributed by atoms with E-state index >= 15 is 0 Å². The van der Waals surface area contributed by atoms with Gasteiger partial charge in [0.1, 0.15) is 0 Å². The van der Waals surface area contributed by atoms with E-state index in [0.29, 0.717) is 11.2 Å². The van der Waals surface area contributed by atoms with Crippen molar-refractivity contribution in [1.29, 1.82) is 0 Å². The van der Waals surface area contributed by atoms with Crippen molar-refractivity contribution in [2.24, 2.45) is 35.0 Å². The second-order valence-corrected chi connectivity index (χ2v) is 9.26. The van der Waals surface area contributed by atoms with Crippen LogP contribution in [0.1, 0.15) is 84.5 Å². The summed E-state index contributed by atoms with van der Waals surface area (Å²) in [5, 5.41) is 0. The Morgan fingerprint density at radius 1 is 1.09 bits per heavy atom. The van der Waals surface area contributed by atoms with Crippen LogP contribution in [0, 0.1) is 35.0 Å². The Hall–Kier alpha value is -0.590. The molecule has 1 nitrogen and oxygen atoms in total. The predicted octanol–water partition coefficient (Wildman–Crippen LogP) is 5.93. The highest BCUT2D eigenvalue weighted by Crippen LogP contribution is 2.64. The highest BCUT2D eigenvalue weighted by molar-refractivity contribution is 5.91. The summed E-state index contributed by atoms with van der Waals surface area (Å²) >= 11 is 0. The number of hydrogen-bond acceptors (Lipinski definition) is 1. The van der Waals surface area contributed by atoms with Crippen molar-refractivity contribution in [3.8, 4) is 0 Å². The number of unbranched alkanes of at least 4 members (excludes halogenated alkanes) is 1. The smallest absolute Gasteiger partial charge is 0.155 e. The normalized spacial score (nSPS) is 45.9. The van der Waals surface area contributed by atoms with Crippen LogP contribution in [-0.4, -0.2) is 5.78 Å². The highest BCUT2D eigenvalue weighted by atomic mass is 16.1. The molecule has 3 saturated carbocycles. The van der Waals surface area contributed by atoms with Crippen LogP contribution in [0.3, 0.4) is 0 Å². The SMILES string of the molecule is CCCC[C@H]1CCC2C3CCC4=CC(=O)CC[C@@H]4C3CC[C@@]21C. The van der Waals surface area contributed by atoms with Crippen molar-refractivity contribution in [3.63, 3.8) is 0 Å². The van der Waals surface area contributed by atoms with Gasteiger partial charge in [-0.3, -0.25) is 4.79 Å². The van der Waals surface area contributed by atoms with Gasteiger partial charge in [0.05, 0.1) is 0 Å². The Labute approximate surface area is 142 Å². The Morgan fingerprint density at radius 2 is 1.96 bits per heavy atom. The van der Waals surface area contributed by atoms with Crippen LogP contribution in [0.15, 0.2) is 11.6 Å². The molecule has 0 radical (unpaired) electrons. The van der Waals surface area contributed by atoms with Gasteiger partial charge in [-0.2, -0.15) is 0 Å². The van der Waals surface area contributed by atoms with Gasteiger partial charge in [-0.1, -0.05) is 32.3 Å². The van der Waals surface area contributed by atoms with E-state index in [4.69, 9.17) is 0 Å². The molecular formula is C22H34O. The first kappa shape index (κ1) is 15.9. The minimum atomic E-state index is 0.399. The number of ketones is 1. The Morgan fingerprint density at radius 3 is 2.78 bits per heavy atom. The molecule has 6 atom stereocenters. The van der Waals surface area contributed by atoms with Gasteiger partial charge in [-0.15, -0.1) is 0 Å². The monoisotopic (exact) mass is 314 g/mol. The van der Waals surface area contributed by atoms with Crippen LogP contribution in [-0.2, 0) is 4.79 Å². The topological polar surface area (TPSA) is 17.1 Å². The number of rotatable bonds is 3. The number of allylic oxidation sites excluding steroid dienone is 1. The molecule has 0 amide bonds. The van der Waals surface area contributed by atoms with E-state index in [1.807, 2.05) is 6.08 Å². The molecule has 23 heavy (non-hydrogen) atoms. The maximum atomic E-state index is 11.8. The minimum Gasteiger partial charge on any atom is -0.295 e. The van der Waals surface area contributed by atoms with Crippen LogP contribution in [0.25, 0.3) is 0 Å². The van der Waals surface area contributed by atoms with Crippen molar-refractivity contribution in [2.75, 3.05) is 0 Å². The van der Waals surface area contributed by atoms with E-state index in [1.54, 1.807) is 0 Å². The zero-order valence-corrected chi connectivity index (χ0v) is 15.2. The first-order valence-electron chi connectivity index (χ1n) is 10.4. The molecule has 0 spiro atoms. The lowest BCUT2D eigenvalue weighted by atomic mass is 9.51. The molecule has 0 N–H and O–H groups in total. The molecule has 0 heterocycles. The number of fused-ring (bicyclic) bond motifs is 5. The molecule has 0 aliphatic heterocycles. The van der Waals surface area contributed by atoms with E-state index in [1.165, 1.54) is 63.4 Å². The summed E-state index contributed by atoms with van der Waals surface area (Å²) in [4.78, 5) is 11.8. The first-order valence-corrected chi connectivity index (χ1v) is 10.4. The summed E-state index contributed by atoms with van der Waals surface area (Å²) in [6.45, 7) is 4.99. The third-order valence-corrected chi connectivity index (χ3v) is 8.40. The van der Waals surface area contributed by atoms with Gasteiger partial charge in [-0.05, 0) is 92.4 Å². The lowest BCUT2D eigenvalue weighted by Gasteiger charge is -2.54. The molecule has 0 saturated heterocycles. The van der Waals surface area contributed by atoms with Gasteiger partial charge < -0.3 is 0 Å². The molecule has 0 aromatic carbocycles. The highest BCUT2D eigenvalue weighted by Gasteiger charge is 2.55. The first-order chi connectivity index (χ1) is 11.1. The molecule has 0 bridgehead atoms. The second-order valence-electron chi connectivity index (χ2n) is 9.26. The number of carbonyl (C=O) groups excluding carboxylic acids is 1. The van der Waals surface area contributed by atoms with Crippen LogP contribution in [0.2, 0.25) is 0 Å². The van der Waals surface area contributed by atoms with Gasteiger partial charge in [0.2, 0.25) is 0 Å². The second kappa shape index (κ2) is 6.05. The zero-order chi connectivity index (χ0) is 16.0. The molecule has 4 aliphatic rings.